The third kappa shape index (κ3) is 4.51. The van der Waals surface area contributed by atoms with Crippen LogP contribution in [0.15, 0.2) is 36.4 Å². The maximum atomic E-state index is 13.7. The summed E-state index contributed by atoms with van der Waals surface area (Å²) in [6.07, 6.45) is -1.24. The molecule has 0 aliphatic heterocycles. The largest absolute Gasteiger partial charge is 0.448 e. The van der Waals surface area contributed by atoms with Crippen LogP contribution in [0, 0.1) is 32.4 Å². The number of hydrogen-bond acceptors (Lipinski definition) is 5. The number of amides is 1. The van der Waals surface area contributed by atoms with Gasteiger partial charge in [0.15, 0.2) is 11.8 Å². The van der Waals surface area contributed by atoms with E-state index >= 15 is 0 Å². The first-order valence-corrected chi connectivity index (χ1v) is 9.14. The summed E-state index contributed by atoms with van der Waals surface area (Å²) in [4.78, 5) is 26.0. The van der Waals surface area contributed by atoms with E-state index in [1.54, 1.807) is 6.92 Å². The van der Waals surface area contributed by atoms with Gasteiger partial charge in [0, 0.05) is 6.07 Å². The molecule has 1 aromatic heterocycles. The SMILES string of the molecule is Cc1ccc(-n2nc(C)c(C(=O)O[C@H](C)C(=O)Nc3ccc(F)cc3F)n2)c(C)c1. The highest BCUT2D eigenvalue weighted by Gasteiger charge is 2.24. The fourth-order valence-electron chi connectivity index (χ4n) is 2.80. The Hall–Kier alpha value is -3.62. The quantitative estimate of drug-likeness (QED) is 0.644. The van der Waals surface area contributed by atoms with E-state index in [-0.39, 0.29) is 11.4 Å². The van der Waals surface area contributed by atoms with Crippen molar-refractivity contribution in [3.05, 3.63) is 70.5 Å². The molecule has 7 nitrogen and oxygen atoms in total. The lowest BCUT2D eigenvalue weighted by molar-refractivity contribution is -0.123. The highest BCUT2D eigenvalue weighted by Crippen LogP contribution is 2.17. The molecule has 156 valence electrons. The number of rotatable bonds is 5. The van der Waals surface area contributed by atoms with Crippen LogP contribution < -0.4 is 5.32 Å². The maximum Gasteiger partial charge on any atom is 0.361 e. The minimum absolute atomic E-state index is 0.0393. The topological polar surface area (TPSA) is 86.1 Å². The van der Waals surface area contributed by atoms with Crippen molar-refractivity contribution >= 4 is 17.6 Å². The first-order chi connectivity index (χ1) is 14.2. The lowest BCUT2D eigenvalue weighted by Gasteiger charge is -2.13. The standard InChI is InChI=1S/C21H20F2N4O3/c1-11-5-8-18(12(2)9-11)27-25-13(3)19(26-27)21(29)30-14(4)20(28)24-17-7-6-15(22)10-16(17)23/h5-10,14H,1-4H3,(H,24,28)/t14-/m1/s1. The summed E-state index contributed by atoms with van der Waals surface area (Å²) in [5.41, 5.74) is 2.79. The molecule has 0 spiro atoms. The van der Waals surface area contributed by atoms with Crippen molar-refractivity contribution in [2.24, 2.45) is 0 Å². The smallest absolute Gasteiger partial charge is 0.361 e. The first-order valence-electron chi connectivity index (χ1n) is 9.14. The van der Waals surface area contributed by atoms with Gasteiger partial charge in [-0.1, -0.05) is 17.7 Å². The number of carbonyl (C=O) groups is 2. The summed E-state index contributed by atoms with van der Waals surface area (Å²) < 4.78 is 31.8. The van der Waals surface area contributed by atoms with Gasteiger partial charge in [-0.2, -0.15) is 9.90 Å². The average Bonchev–Trinajstić information content (AvgIpc) is 3.05. The number of ether oxygens (including phenoxy) is 1. The van der Waals surface area contributed by atoms with Crippen LogP contribution in [0.5, 0.6) is 0 Å². The van der Waals surface area contributed by atoms with Crippen LogP contribution in [-0.4, -0.2) is 33.0 Å². The van der Waals surface area contributed by atoms with E-state index in [1.807, 2.05) is 32.0 Å². The van der Waals surface area contributed by atoms with Crippen LogP contribution in [0.4, 0.5) is 14.5 Å². The summed E-state index contributed by atoms with van der Waals surface area (Å²) in [5.74, 6) is -3.32. The third-order valence-electron chi connectivity index (χ3n) is 4.39. The number of esters is 1. The minimum atomic E-state index is -1.24. The Morgan fingerprint density at radius 2 is 1.80 bits per heavy atom. The number of benzene rings is 2. The van der Waals surface area contributed by atoms with Gasteiger partial charge in [-0.3, -0.25) is 4.79 Å². The Balaban J connectivity index is 1.72. The first kappa shape index (κ1) is 21.1. The van der Waals surface area contributed by atoms with Gasteiger partial charge in [-0.15, -0.1) is 5.10 Å². The lowest BCUT2D eigenvalue weighted by atomic mass is 10.1. The highest BCUT2D eigenvalue weighted by atomic mass is 19.1. The van der Waals surface area contributed by atoms with Crippen LogP contribution in [0.25, 0.3) is 5.69 Å². The monoisotopic (exact) mass is 414 g/mol. The van der Waals surface area contributed by atoms with Gasteiger partial charge in [0.25, 0.3) is 5.91 Å². The van der Waals surface area contributed by atoms with Crippen molar-refractivity contribution < 1.29 is 23.1 Å². The van der Waals surface area contributed by atoms with Gasteiger partial charge in [0.05, 0.1) is 17.1 Å². The van der Waals surface area contributed by atoms with E-state index < -0.39 is 29.6 Å². The molecule has 1 atom stereocenters. The Kier molecular flexibility index (Phi) is 5.91. The van der Waals surface area contributed by atoms with Crippen molar-refractivity contribution in [2.75, 3.05) is 5.32 Å². The van der Waals surface area contributed by atoms with Crippen LogP contribution >= 0.6 is 0 Å². The van der Waals surface area contributed by atoms with Gasteiger partial charge < -0.3 is 10.1 Å². The van der Waals surface area contributed by atoms with Crippen molar-refractivity contribution in [2.45, 2.75) is 33.8 Å². The van der Waals surface area contributed by atoms with Crippen LogP contribution in [-0.2, 0) is 9.53 Å². The molecule has 0 saturated carbocycles. The molecule has 0 unspecified atom stereocenters. The van der Waals surface area contributed by atoms with Gasteiger partial charge in [0.2, 0.25) is 0 Å². The molecular formula is C21H20F2N4O3. The minimum Gasteiger partial charge on any atom is -0.448 e. The molecule has 3 rings (SSSR count). The summed E-state index contributed by atoms with van der Waals surface area (Å²) >= 11 is 0. The molecular weight excluding hydrogens is 394 g/mol. The number of halogens is 2. The number of anilines is 1. The fraction of sp³-hybridized carbons (Fsp3) is 0.238. The maximum absolute atomic E-state index is 13.7. The second-order valence-corrected chi connectivity index (χ2v) is 6.87. The Morgan fingerprint density at radius 1 is 1.07 bits per heavy atom. The van der Waals surface area contributed by atoms with Gasteiger partial charge in [-0.25, -0.2) is 13.6 Å². The van der Waals surface area contributed by atoms with E-state index in [4.69, 9.17) is 4.74 Å². The van der Waals surface area contributed by atoms with Crippen molar-refractivity contribution in [3.8, 4) is 5.69 Å². The molecule has 2 aromatic carbocycles. The molecule has 1 N–H and O–H groups in total. The molecule has 1 heterocycles. The second kappa shape index (κ2) is 8.40. The number of aryl methyl sites for hydroxylation is 3. The van der Waals surface area contributed by atoms with Crippen molar-refractivity contribution in [3.63, 3.8) is 0 Å². The fourth-order valence-corrected chi connectivity index (χ4v) is 2.80. The lowest BCUT2D eigenvalue weighted by Crippen LogP contribution is -2.30. The molecule has 0 saturated heterocycles. The molecule has 1 amide bonds. The second-order valence-electron chi connectivity index (χ2n) is 6.87. The van der Waals surface area contributed by atoms with Gasteiger partial charge in [0.1, 0.15) is 11.6 Å². The molecule has 0 fully saturated rings. The number of hydrogen-bond donors (Lipinski definition) is 1. The number of nitrogens with zero attached hydrogens (tertiary/aromatic N) is 3. The zero-order chi connectivity index (χ0) is 22.0. The molecule has 30 heavy (non-hydrogen) atoms. The van der Waals surface area contributed by atoms with Crippen molar-refractivity contribution in [1.29, 1.82) is 0 Å². The summed E-state index contributed by atoms with van der Waals surface area (Å²) in [7, 11) is 0. The normalized spacial score (nSPS) is 11.8. The van der Waals surface area contributed by atoms with E-state index in [9.17, 15) is 18.4 Å². The van der Waals surface area contributed by atoms with Crippen molar-refractivity contribution in [1.82, 2.24) is 15.0 Å². The van der Waals surface area contributed by atoms with Crippen LogP contribution in [0.3, 0.4) is 0 Å². The predicted octanol–water partition coefficient (Wildman–Crippen LogP) is 3.65. The van der Waals surface area contributed by atoms with E-state index in [1.165, 1.54) is 11.7 Å². The molecule has 0 aliphatic carbocycles. The van der Waals surface area contributed by atoms with Crippen LogP contribution in [0.2, 0.25) is 0 Å². The Bertz CT molecular complexity index is 1130. The zero-order valence-electron chi connectivity index (χ0n) is 16.9. The Morgan fingerprint density at radius 3 is 2.47 bits per heavy atom. The molecule has 3 aromatic rings. The van der Waals surface area contributed by atoms with Gasteiger partial charge in [-0.05, 0) is 51.5 Å². The number of carbonyl (C=O) groups excluding carboxylic acids is 2. The highest BCUT2D eigenvalue weighted by molar-refractivity contribution is 5.97. The Labute approximate surface area is 171 Å². The van der Waals surface area contributed by atoms with Crippen LogP contribution in [0.1, 0.15) is 34.2 Å². The summed E-state index contributed by atoms with van der Waals surface area (Å²) in [6.45, 7) is 6.80. The van der Waals surface area contributed by atoms with Gasteiger partial charge >= 0.3 is 5.97 Å². The summed E-state index contributed by atoms with van der Waals surface area (Å²) in [5, 5.41) is 10.7. The van der Waals surface area contributed by atoms with E-state index in [2.05, 4.69) is 15.5 Å². The van der Waals surface area contributed by atoms with E-state index in [0.717, 1.165) is 23.3 Å². The number of nitrogens with one attached hydrogen (secondary N) is 1. The molecule has 9 heteroatoms. The molecule has 0 bridgehead atoms. The summed E-state index contributed by atoms with van der Waals surface area (Å²) in [6, 6.07) is 8.43. The molecule has 0 aliphatic rings. The average molecular weight is 414 g/mol. The predicted molar refractivity (Wildman–Crippen MR) is 105 cm³/mol. The third-order valence-corrected chi connectivity index (χ3v) is 4.39. The molecule has 0 radical (unpaired) electrons. The number of aromatic nitrogens is 3. The van der Waals surface area contributed by atoms with E-state index in [0.29, 0.717) is 17.4 Å². The zero-order valence-corrected chi connectivity index (χ0v) is 16.9.